The van der Waals surface area contributed by atoms with Crippen molar-refractivity contribution in [2.24, 2.45) is 5.92 Å². The summed E-state index contributed by atoms with van der Waals surface area (Å²) in [7, 11) is -3.25. The largest absolute Gasteiger partial charge is 0.298 e. The molecule has 14 heavy (non-hydrogen) atoms. The first-order valence-corrected chi connectivity index (χ1v) is 6.41. The maximum Gasteiger partial charge on any atom is 0.215 e. The predicted octanol–water partition coefficient (Wildman–Crippen LogP) is 0.682. The second-order valence-electron chi connectivity index (χ2n) is 4.19. The van der Waals surface area contributed by atoms with Crippen LogP contribution in [0.15, 0.2) is 0 Å². The number of nitrogens with one attached hydrogen (secondary N) is 1. The van der Waals surface area contributed by atoms with E-state index in [9.17, 15) is 13.2 Å². The van der Waals surface area contributed by atoms with Crippen LogP contribution in [0.1, 0.15) is 33.6 Å². The summed E-state index contributed by atoms with van der Waals surface area (Å²) in [6.45, 7) is 5.09. The van der Waals surface area contributed by atoms with E-state index in [1.54, 1.807) is 0 Å². The lowest BCUT2D eigenvalue weighted by Gasteiger charge is -2.19. The van der Waals surface area contributed by atoms with E-state index in [0.717, 1.165) is 12.8 Å². The molecule has 5 heteroatoms. The van der Waals surface area contributed by atoms with Gasteiger partial charge in [0.15, 0.2) is 0 Å². The molecule has 4 nitrogen and oxygen atoms in total. The summed E-state index contributed by atoms with van der Waals surface area (Å²) in [4.78, 5) is 11.2. The zero-order valence-electron chi connectivity index (χ0n) is 8.78. The van der Waals surface area contributed by atoms with Crippen LogP contribution in [0, 0.1) is 5.92 Å². The van der Waals surface area contributed by atoms with Gasteiger partial charge in [-0.1, -0.05) is 13.8 Å². The number of Topliss-reactive ketones (excluding diaryl/α,β-unsaturated/α-hetero) is 1. The maximum atomic E-state index is 11.5. The Balaban J connectivity index is 2.68. The van der Waals surface area contributed by atoms with Crippen molar-refractivity contribution in [3.8, 4) is 0 Å². The second kappa shape index (κ2) is 3.98. The van der Waals surface area contributed by atoms with Crippen molar-refractivity contribution in [1.82, 2.24) is 4.72 Å². The van der Waals surface area contributed by atoms with Gasteiger partial charge in [-0.05, 0) is 25.7 Å². The highest BCUT2D eigenvalue weighted by atomic mass is 32.2. The summed E-state index contributed by atoms with van der Waals surface area (Å²) in [5.74, 6) is -0.120. The molecule has 1 unspecified atom stereocenters. The molecule has 1 atom stereocenters. The van der Waals surface area contributed by atoms with Crippen molar-refractivity contribution < 1.29 is 13.2 Å². The summed E-state index contributed by atoms with van der Waals surface area (Å²) in [5.41, 5.74) is 0. The molecule has 0 aromatic heterocycles. The average molecular weight is 219 g/mol. The molecule has 1 fully saturated rings. The van der Waals surface area contributed by atoms with E-state index in [1.165, 1.54) is 6.92 Å². The van der Waals surface area contributed by atoms with Crippen LogP contribution < -0.4 is 4.72 Å². The number of hydrogen-bond acceptors (Lipinski definition) is 3. The Kier molecular flexibility index (Phi) is 3.32. The minimum absolute atomic E-state index is 0.000949. The van der Waals surface area contributed by atoms with Crippen molar-refractivity contribution in [3.05, 3.63) is 0 Å². The average Bonchev–Trinajstić information content (AvgIpc) is 2.80. The van der Waals surface area contributed by atoms with E-state index in [0.29, 0.717) is 0 Å². The normalized spacial score (nSPS) is 19.7. The van der Waals surface area contributed by atoms with Crippen molar-refractivity contribution in [2.45, 2.75) is 44.9 Å². The van der Waals surface area contributed by atoms with E-state index in [4.69, 9.17) is 0 Å². The van der Waals surface area contributed by atoms with Gasteiger partial charge < -0.3 is 0 Å². The SMILES string of the molecule is CC(=O)C(NS(=O)(=O)C1CC1)C(C)C. The zero-order valence-corrected chi connectivity index (χ0v) is 9.60. The van der Waals surface area contributed by atoms with E-state index < -0.39 is 16.1 Å². The molecule has 0 saturated heterocycles. The molecule has 0 aromatic rings. The number of ketones is 1. The molecule has 1 N–H and O–H groups in total. The van der Waals surface area contributed by atoms with Crippen LogP contribution in [0.5, 0.6) is 0 Å². The first kappa shape index (κ1) is 11.7. The lowest BCUT2D eigenvalue weighted by Crippen LogP contribution is -2.44. The number of carbonyl (C=O) groups excluding carboxylic acids is 1. The van der Waals surface area contributed by atoms with Gasteiger partial charge in [0, 0.05) is 0 Å². The molecule has 0 amide bonds. The molecule has 1 saturated carbocycles. The first-order chi connectivity index (χ1) is 6.34. The number of rotatable bonds is 5. The van der Waals surface area contributed by atoms with Crippen LogP contribution in [0.25, 0.3) is 0 Å². The molecule has 0 radical (unpaired) electrons. The lowest BCUT2D eigenvalue weighted by molar-refractivity contribution is -0.119. The van der Waals surface area contributed by atoms with Crippen LogP contribution in [-0.2, 0) is 14.8 Å². The fourth-order valence-electron chi connectivity index (χ4n) is 1.34. The van der Waals surface area contributed by atoms with Crippen molar-refractivity contribution in [1.29, 1.82) is 0 Å². The van der Waals surface area contributed by atoms with Gasteiger partial charge in [-0.3, -0.25) is 4.79 Å². The van der Waals surface area contributed by atoms with Crippen LogP contribution in [0.2, 0.25) is 0 Å². The van der Waals surface area contributed by atoms with Crippen molar-refractivity contribution >= 4 is 15.8 Å². The topological polar surface area (TPSA) is 63.2 Å². The highest BCUT2D eigenvalue weighted by molar-refractivity contribution is 7.90. The summed E-state index contributed by atoms with van der Waals surface area (Å²) >= 11 is 0. The Morgan fingerprint density at radius 2 is 1.86 bits per heavy atom. The molecular formula is C9H17NO3S. The Bertz CT molecular complexity index is 317. The van der Waals surface area contributed by atoms with Crippen molar-refractivity contribution in [3.63, 3.8) is 0 Å². The molecule has 1 rings (SSSR count). The fraction of sp³-hybridized carbons (Fsp3) is 0.889. The van der Waals surface area contributed by atoms with E-state index >= 15 is 0 Å². The third-order valence-electron chi connectivity index (χ3n) is 2.36. The summed E-state index contributed by atoms with van der Waals surface area (Å²) in [6, 6.07) is -0.569. The van der Waals surface area contributed by atoms with Crippen molar-refractivity contribution in [2.75, 3.05) is 0 Å². The molecule has 0 spiro atoms. The zero-order chi connectivity index (χ0) is 10.9. The van der Waals surface area contributed by atoms with Gasteiger partial charge in [-0.25, -0.2) is 13.1 Å². The van der Waals surface area contributed by atoms with Gasteiger partial charge in [0.2, 0.25) is 10.0 Å². The Morgan fingerprint density at radius 3 is 2.14 bits per heavy atom. The molecule has 0 bridgehead atoms. The highest BCUT2D eigenvalue weighted by Gasteiger charge is 2.38. The minimum atomic E-state index is -3.25. The molecule has 1 aliphatic carbocycles. The van der Waals surface area contributed by atoms with Crippen LogP contribution >= 0.6 is 0 Å². The molecule has 0 heterocycles. The quantitative estimate of drug-likeness (QED) is 0.739. The number of carbonyl (C=O) groups is 1. The Morgan fingerprint density at radius 1 is 1.36 bits per heavy atom. The Labute approximate surface area is 85.1 Å². The summed E-state index contributed by atoms with van der Waals surface area (Å²) in [6.07, 6.45) is 1.44. The standard InChI is InChI=1S/C9H17NO3S/c1-6(2)9(7(3)11)10-14(12,13)8-4-5-8/h6,8-10H,4-5H2,1-3H3. The summed E-state index contributed by atoms with van der Waals surface area (Å²) < 4.78 is 25.6. The first-order valence-electron chi connectivity index (χ1n) is 4.86. The molecule has 82 valence electrons. The van der Waals surface area contributed by atoms with E-state index in [-0.39, 0.29) is 17.0 Å². The predicted molar refractivity (Wildman–Crippen MR) is 54.4 cm³/mol. The fourth-order valence-corrected chi connectivity index (χ4v) is 3.08. The molecule has 0 aromatic carbocycles. The third kappa shape index (κ3) is 2.78. The third-order valence-corrected chi connectivity index (χ3v) is 4.29. The highest BCUT2D eigenvalue weighted by Crippen LogP contribution is 2.28. The van der Waals surface area contributed by atoms with Crippen LogP contribution in [-0.4, -0.2) is 25.5 Å². The van der Waals surface area contributed by atoms with E-state index in [1.807, 2.05) is 13.8 Å². The van der Waals surface area contributed by atoms with Crippen LogP contribution in [0.3, 0.4) is 0 Å². The number of hydrogen-bond donors (Lipinski definition) is 1. The van der Waals surface area contributed by atoms with Gasteiger partial charge in [0.05, 0.1) is 11.3 Å². The van der Waals surface area contributed by atoms with Gasteiger partial charge in [-0.2, -0.15) is 0 Å². The van der Waals surface area contributed by atoms with Gasteiger partial charge in [0.1, 0.15) is 5.78 Å². The lowest BCUT2D eigenvalue weighted by atomic mass is 10.0. The van der Waals surface area contributed by atoms with Gasteiger partial charge in [0.25, 0.3) is 0 Å². The molecular weight excluding hydrogens is 202 g/mol. The molecule has 0 aliphatic heterocycles. The smallest absolute Gasteiger partial charge is 0.215 e. The molecule has 1 aliphatic rings. The number of sulfonamides is 1. The minimum Gasteiger partial charge on any atom is -0.298 e. The summed E-state index contributed by atoms with van der Waals surface area (Å²) in [5, 5.41) is -0.261. The van der Waals surface area contributed by atoms with E-state index in [2.05, 4.69) is 4.72 Å². The monoisotopic (exact) mass is 219 g/mol. The van der Waals surface area contributed by atoms with Gasteiger partial charge >= 0.3 is 0 Å². The maximum absolute atomic E-state index is 11.5. The van der Waals surface area contributed by atoms with Crippen LogP contribution in [0.4, 0.5) is 0 Å². The Hall–Kier alpha value is -0.420. The van der Waals surface area contributed by atoms with Gasteiger partial charge in [-0.15, -0.1) is 0 Å². The second-order valence-corrected chi connectivity index (χ2v) is 6.19.